The standard InChI is InChI=1S/C13H18N2/c14-12-4-1-3-11(9-12)13(5-6-13)10-15-7-2-8-15/h1,3-4,9H,2,5-8,10,14H2. The zero-order chi connectivity index (χ0) is 10.3. The van der Waals surface area contributed by atoms with Gasteiger partial charge >= 0.3 is 0 Å². The summed E-state index contributed by atoms with van der Waals surface area (Å²) in [5.41, 5.74) is 8.66. The van der Waals surface area contributed by atoms with Gasteiger partial charge in [0.1, 0.15) is 0 Å². The second kappa shape index (κ2) is 3.24. The summed E-state index contributed by atoms with van der Waals surface area (Å²) in [5.74, 6) is 0. The first-order valence-electron chi connectivity index (χ1n) is 5.87. The summed E-state index contributed by atoms with van der Waals surface area (Å²) in [7, 11) is 0. The van der Waals surface area contributed by atoms with Crippen LogP contribution in [0.25, 0.3) is 0 Å². The molecule has 1 aliphatic heterocycles. The Labute approximate surface area is 91.1 Å². The summed E-state index contributed by atoms with van der Waals surface area (Å²) in [6.45, 7) is 3.84. The predicted molar refractivity (Wildman–Crippen MR) is 62.8 cm³/mol. The van der Waals surface area contributed by atoms with Crippen LogP contribution < -0.4 is 5.73 Å². The maximum Gasteiger partial charge on any atom is 0.0316 e. The van der Waals surface area contributed by atoms with Gasteiger partial charge in [-0.3, -0.25) is 0 Å². The molecule has 3 rings (SSSR count). The van der Waals surface area contributed by atoms with Crippen LogP contribution >= 0.6 is 0 Å². The number of nitrogen functional groups attached to an aromatic ring is 1. The lowest BCUT2D eigenvalue weighted by molar-refractivity contribution is 0.164. The van der Waals surface area contributed by atoms with Crippen molar-refractivity contribution in [1.82, 2.24) is 4.90 Å². The number of hydrogen-bond acceptors (Lipinski definition) is 2. The molecule has 0 bridgehead atoms. The lowest BCUT2D eigenvalue weighted by atomic mass is 9.94. The Hall–Kier alpha value is -1.02. The van der Waals surface area contributed by atoms with Gasteiger partial charge in [0.2, 0.25) is 0 Å². The summed E-state index contributed by atoms with van der Waals surface area (Å²) in [5, 5.41) is 0. The van der Waals surface area contributed by atoms with Crippen molar-refractivity contribution in [2.75, 3.05) is 25.4 Å². The van der Waals surface area contributed by atoms with Gasteiger partial charge in [0.05, 0.1) is 0 Å². The molecule has 2 aliphatic rings. The van der Waals surface area contributed by atoms with Crippen molar-refractivity contribution in [3.05, 3.63) is 29.8 Å². The molecule has 15 heavy (non-hydrogen) atoms. The minimum absolute atomic E-state index is 0.454. The van der Waals surface area contributed by atoms with Crippen LogP contribution in [0, 0.1) is 0 Å². The number of likely N-dealkylation sites (tertiary alicyclic amines) is 1. The van der Waals surface area contributed by atoms with Crippen molar-refractivity contribution < 1.29 is 0 Å². The van der Waals surface area contributed by atoms with Gasteiger partial charge in [-0.1, -0.05) is 12.1 Å². The highest BCUT2D eigenvalue weighted by Crippen LogP contribution is 2.49. The molecule has 0 spiro atoms. The van der Waals surface area contributed by atoms with Crippen molar-refractivity contribution in [3.8, 4) is 0 Å². The SMILES string of the molecule is Nc1cccc(C2(CN3CCC3)CC2)c1. The molecule has 1 aromatic carbocycles. The zero-order valence-corrected chi connectivity index (χ0v) is 9.08. The van der Waals surface area contributed by atoms with E-state index in [2.05, 4.69) is 23.1 Å². The van der Waals surface area contributed by atoms with Crippen LogP contribution in [0.3, 0.4) is 0 Å². The molecule has 0 amide bonds. The van der Waals surface area contributed by atoms with Gasteiger partial charge in [-0.2, -0.15) is 0 Å². The van der Waals surface area contributed by atoms with Gasteiger partial charge in [0, 0.05) is 17.6 Å². The molecular formula is C13H18N2. The molecule has 1 heterocycles. The average Bonchev–Trinajstić information content (AvgIpc) is 2.93. The third-order valence-corrected chi connectivity index (χ3v) is 3.83. The predicted octanol–water partition coefficient (Wildman–Crippen LogP) is 2.01. The average molecular weight is 202 g/mol. The molecule has 0 atom stereocenters. The normalized spacial score (nSPS) is 23.5. The van der Waals surface area contributed by atoms with Crippen LogP contribution in [-0.2, 0) is 5.41 Å². The van der Waals surface area contributed by atoms with Crippen LogP contribution in [0.15, 0.2) is 24.3 Å². The van der Waals surface area contributed by atoms with Crippen LogP contribution in [0.1, 0.15) is 24.8 Å². The van der Waals surface area contributed by atoms with E-state index in [1.165, 1.54) is 44.5 Å². The number of anilines is 1. The number of benzene rings is 1. The Morgan fingerprint density at radius 1 is 1.27 bits per heavy atom. The topological polar surface area (TPSA) is 29.3 Å². The van der Waals surface area contributed by atoms with Crippen LogP contribution in [0.4, 0.5) is 5.69 Å². The summed E-state index contributed by atoms with van der Waals surface area (Å²) in [4.78, 5) is 2.57. The van der Waals surface area contributed by atoms with E-state index in [1.807, 2.05) is 6.07 Å². The minimum atomic E-state index is 0.454. The molecule has 2 heteroatoms. The zero-order valence-electron chi connectivity index (χ0n) is 9.08. The summed E-state index contributed by atoms with van der Waals surface area (Å²) < 4.78 is 0. The van der Waals surface area contributed by atoms with Crippen LogP contribution in [-0.4, -0.2) is 24.5 Å². The van der Waals surface area contributed by atoms with E-state index in [4.69, 9.17) is 5.73 Å². The monoisotopic (exact) mass is 202 g/mol. The molecule has 1 aromatic rings. The molecule has 1 saturated heterocycles. The maximum absolute atomic E-state index is 5.85. The summed E-state index contributed by atoms with van der Waals surface area (Å²) in [6.07, 6.45) is 4.06. The van der Waals surface area contributed by atoms with Gasteiger partial charge in [-0.25, -0.2) is 0 Å². The largest absolute Gasteiger partial charge is 0.399 e. The van der Waals surface area contributed by atoms with Crippen molar-refractivity contribution >= 4 is 5.69 Å². The van der Waals surface area contributed by atoms with E-state index >= 15 is 0 Å². The third kappa shape index (κ3) is 1.63. The van der Waals surface area contributed by atoms with E-state index < -0.39 is 0 Å². The summed E-state index contributed by atoms with van der Waals surface area (Å²) >= 11 is 0. The molecule has 2 fully saturated rings. The Morgan fingerprint density at radius 2 is 2.07 bits per heavy atom. The van der Waals surface area contributed by atoms with E-state index in [9.17, 15) is 0 Å². The molecule has 2 nitrogen and oxygen atoms in total. The van der Waals surface area contributed by atoms with Crippen molar-refractivity contribution in [1.29, 1.82) is 0 Å². The second-order valence-electron chi connectivity index (χ2n) is 5.04. The fraction of sp³-hybridized carbons (Fsp3) is 0.538. The lowest BCUT2D eigenvalue weighted by Crippen LogP contribution is -2.42. The van der Waals surface area contributed by atoms with Crippen LogP contribution in [0.2, 0.25) is 0 Å². The molecular weight excluding hydrogens is 184 g/mol. The molecule has 0 unspecified atom stereocenters. The first-order chi connectivity index (χ1) is 7.28. The Bertz CT molecular complexity index is 365. The first-order valence-corrected chi connectivity index (χ1v) is 5.87. The quantitative estimate of drug-likeness (QED) is 0.760. The van der Waals surface area contributed by atoms with Crippen molar-refractivity contribution in [2.45, 2.75) is 24.7 Å². The maximum atomic E-state index is 5.85. The molecule has 80 valence electrons. The highest BCUT2D eigenvalue weighted by molar-refractivity contribution is 5.45. The fourth-order valence-electron chi connectivity index (χ4n) is 2.53. The number of rotatable bonds is 3. The molecule has 1 aliphatic carbocycles. The van der Waals surface area contributed by atoms with E-state index in [0.717, 1.165) is 5.69 Å². The first kappa shape index (κ1) is 9.22. The lowest BCUT2D eigenvalue weighted by Gasteiger charge is -2.34. The highest BCUT2D eigenvalue weighted by atomic mass is 15.2. The van der Waals surface area contributed by atoms with Crippen molar-refractivity contribution in [2.24, 2.45) is 0 Å². The number of nitrogens with two attached hydrogens (primary N) is 1. The van der Waals surface area contributed by atoms with Gasteiger partial charge in [0.25, 0.3) is 0 Å². The Morgan fingerprint density at radius 3 is 2.60 bits per heavy atom. The fourth-order valence-corrected chi connectivity index (χ4v) is 2.53. The smallest absolute Gasteiger partial charge is 0.0316 e. The van der Waals surface area contributed by atoms with Gasteiger partial charge in [0.15, 0.2) is 0 Å². The van der Waals surface area contributed by atoms with E-state index in [1.54, 1.807) is 0 Å². The number of hydrogen-bond donors (Lipinski definition) is 1. The molecule has 0 aromatic heterocycles. The van der Waals surface area contributed by atoms with Crippen molar-refractivity contribution in [3.63, 3.8) is 0 Å². The molecule has 0 radical (unpaired) electrons. The molecule has 1 saturated carbocycles. The van der Waals surface area contributed by atoms with Gasteiger partial charge in [-0.05, 0) is 50.0 Å². The van der Waals surface area contributed by atoms with E-state index in [0.29, 0.717) is 5.41 Å². The molecule has 2 N–H and O–H groups in total. The van der Waals surface area contributed by atoms with Gasteiger partial charge < -0.3 is 10.6 Å². The number of nitrogens with zero attached hydrogens (tertiary/aromatic N) is 1. The van der Waals surface area contributed by atoms with E-state index in [-0.39, 0.29) is 0 Å². The minimum Gasteiger partial charge on any atom is -0.399 e. The summed E-state index contributed by atoms with van der Waals surface area (Å²) in [6, 6.07) is 8.46. The highest BCUT2D eigenvalue weighted by Gasteiger charge is 2.45. The Kier molecular flexibility index (Phi) is 1.99. The second-order valence-corrected chi connectivity index (χ2v) is 5.04. The van der Waals surface area contributed by atoms with Crippen LogP contribution in [0.5, 0.6) is 0 Å². The third-order valence-electron chi connectivity index (χ3n) is 3.83. The van der Waals surface area contributed by atoms with Gasteiger partial charge in [-0.15, -0.1) is 0 Å². The Balaban J connectivity index is 1.79.